The quantitative estimate of drug-likeness (QED) is 0.493. The second kappa shape index (κ2) is 11.1. The van der Waals surface area contributed by atoms with E-state index in [-0.39, 0.29) is 18.6 Å². The standard InChI is InChI=1S/C27H31ClN4O2/c1-18-11-24(28)14-31-25(18)16-32(26-7-3-5-21-6-4-10-29-27(21)26)15-22-9-8-20(12-23(22)17-33)13-30-19(2)34/h4,6,8-12,14,26,33H,3,5,7,13,15-17H2,1-2H3,(H,30,34). The van der Waals surface area contributed by atoms with Crippen LogP contribution in [0, 0.1) is 6.92 Å². The van der Waals surface area contributed by atoms with E-state index >= 15 is 0 Å². The van der Waals surface area contributed by atoms with Crippen molar-refractivity contribution in [3.63, 3.8) is 0 Å². The second-order valence-electron chi connectivity index (χ2n) is 8.95. The maximum absolute atomic E-state index is 11.3. The first-order valence-corrected chi connectivity index (χ1v) is 12.1. The van der Waals surface area contributed by atoms with Crippen LogP contribution < -0.4 is 5.32 Å². The molecule has 0 spiro atoms. The highest BCUT2D eigenvalue weighted by atomic mass is 35.5. The number of amides is 1. The van der Waals surface area contributed by atoms with E-state index < -0.39 is 0 Å². The molecular formula is C27H31ClN4O2. The lowest BCUT2D eigenvalue weighted by molar-refractivity contribution is -0.119. The average Bonchev–Trinajstić information content (AvgIpc) is 2.84. The molecule has 0 bridgehead atoms. The van der Waals surface area contributed by atoms with Crippen molar-refractivity contribution in [2.75, 3.05) is 0 Å². The molecule has 2 heterocycles. The van der Waals surface area contributed by atoms with Gasteiger partial charge in [-0.3, -0.25) is 19.7 Å². The number of hydrogen-bond donors (Lipinski definition) is 2. The Hall–Kier alpha value is -2.80. The van der Waals surface area contributed by atoms with Crippen LogP contribution in [0.25, 0.3) is 0 Å². The summed E-state index contributed by atoms with van der Waals surface area (Å²) in [6.07, 6.45) is 6.74. The lowest BCUT2D eigenvalue weighted by Crippen LogP contribution is -2.32. The van der Waals surface area contributed by atoms with Crippen LogP contribution >= 0.6 is 11.6 Å². The topological polar surface area (TPSA) is 78.4 Å². The van der Waals surface area contributed by atoms with E-state index in [2.05, 4.69) is 27.3 Å². The zero-order valence-electron chi connectivity index (χ0n) is 19.7. The van der Waals surface area contributed by atoms with Crippen LogP contribution in [0.5, 0.6) is 0 Å². The molecule has 2 N–H and O–H groups in total. The predicted molar refractivity (Wildman–Crippen MR) is 133 cm³/mol. The minimum absolute atomic E-state index is 0.0607. The summed E-state index contributed by atoms with van der Waals surface area (Å²) in [4.78, 5) is 23.1. The molecule has 1 aliphatic rings. The molecule has 7 heteroatoms. The third-order valence-corrected chi connectivity index (χ3v) is 6.67. The summed E-state index contributed by atoms with van der Waals surface area (Å²) in [6, 6.07) is 12.3. The molecule has 6 nitrogen and oxygen atoms in total. The molecule has 1 unspecified atom stereocenters. The van der Waals surface area contributed by atoms with Gasteiger partial charge in [0.05, 0.1) is 29.1 Å². The van der Waals surface area contributed by atoms with E-state index in [4.69, 9.17) is 16.6 Å². The van der Waals surface area contributed by atoms with Crippen LogP contribution in [0.15, 0.2) is 48.8 Å². The summed E-state index contributed by atoms with van der Waals surface area (Å²) in [5.41, 5.74) is 7.37. The van der Waals surface area contributed by atoms with E-state index in [1.807, 2.05) is 37.4 Å². The fourth-order valence-corrected chi connectivity index (χ4v) is 4.89. The Morgan fingerprint density at radius 2 is 2.06 bits per heavy atom. The van der Waals surface area contributed by atoms with Crippen LogP contribution in [-0.4, -0.2) is 25.9 Å². The van der Waals surface area contributed by atoms with E-state index in [1.165, 1.54) is 12.5 Å². The molecule has 0 aliphatic heterocycles. The van der Waals surface area contributed by atoms with Crippen molar-refractivity contribution in [2.45, 2.75) is 65.4 Å². The number of hydrogen-bond acceptors (Lipinski definition) is 5. The molecule has 2 aromatic heterocycles. The number of nitrogens with zero attached hydrogens (tertiary/aromatic N) is 3. The van der Waals surface area contributed by atoms with Gasteiger partial charge < -0.3 is 10.4 Å². The number of aliphatic hydroxyl groups is 1. The highest BCUT2D eigenvalue weighted by Gasteiger charge is 2.28. The minimum Gasteiger partial charge on any atom is -0.392 e. The molecule has 1 aromatic carbocycles. The lowest BCUT2D eigenvalue weighted by Gasteiger charge is -2.35. The van der Waals surface area contributed by atoms with E-state index in [1.54, 1.807) is 6.20 Å². The SMILES string of the molecule is CC(=O)NCc1ccc(CN(Cc2ncc(Cl)cc2C)C2CCCc3cccnc32)c(CO)c1. The maximum Gasteiger partial charge on any atom is 0.217 e. The van der Waals surface area contributed by atoms with Crippen molar-refractivity contribution in [2.24, 2.45) is 0 Å². The van der Waals surface area contributed by atoms with Crippen LogP contribution in [0.2, 0.25) is 5.02 Å². The number of nitrogens with one attached hydrogen (secondary N) is 1. The number of aryl methyl sites for hydroxylation is 2. The lowest BCUT2D eigenvalue weighted by atomic mass is 9.90. The van der Waals surface area contributed by atoms with Crippen molar-refractivity contribution >= 4 is 17.5 Å². The van der Waals surface area contributed by atoms with E-state index in [9.17, 15) is 9.90 Å². The molecule has 178 valence electrons. The Kier molecular flexibility index (Phi) is 7.93. The van der Waals surface area contributed by atoms with Gasteiger partial charge in [-0.1, -0.05) is 35.9 Å². The summed E-state index contributed by atoms with van der Waals surface area (Å²) in [5, 5.41) is 13.6. The molecule has 0 saturated carbocycles. The van der Waals surface area contributed by atoms with Gasteiger partial charge in [-0.05, 0) is 66.1 Å². The Morgan fingerprint density at radius 3 is 2.82 bits per heavy atom. The maximum atomic E-state index is 11.3. The van der Waals surface area contributed by atoms with Gasteiger partial charge in [-0.2, -0.15) is 0 Å². The molecule has 4 rings (SSSR count). The molecule has 0 saturated heterocycles. The number of pyridine rings is 2. The number of fused-ring (bicyclic) bond motifs is 1. The number of halogens is 1. The Morgan fingerprint density at radius 1 is 1.21 bits per heavy atom. The Bertz CT molecular complexity index is 1170. The summed E-state index contributed by atoms with van der Waals surface area (Å²) in [7, 11) is 0. The number of rotatable bonds is 8. The predicted octanol–water partition coefficient (Wildman–Crippen LogP) is 4.65. The number of benzene rings is 1. The second-order valence-corrected chi connectivity index (χ2v) is 9.39. The number of carbonyl (C=O) groups is 1. The van der Waals surface area contributed by atoms with Crippen molar-refractivity contribution < 1.29 is 9.90 Å². The van der Waals surface area contributed by atoms with Gasteiger partial charge in [0.2, 0.25) is 5.91 Å². The van der Waals surface area contributed by atoms with Crippen LogP contribution in [-0.2, 0) is 37.5 Å². The highest BCUT2D eigenvalue weighted by molar-refractivity contribution is 6.30. The average molecular weight is 479 g/mol. The summed E-state index contributed by atoms with van der Waals surface area (Å²) in [6.45, 7) is 5.23. The molecule has 1 amide bonds. The third-order valence-electron chi connectivity index (χ3n) is 6.47. The monoisotopic (exact) mass is 478 g/mol. The van der Waals surface area contributed by atoms with Crippen molar-refractivity contribution in [1.29, 1.82) is 0 Å². The van der Waals surface area contributed by atoms with Crippen molar-refractivity contribution in [3.05, 3.63) is 93.0 Å². The van der Waals surface area contributed by atoms with Gasteiger partial charge in [0.25, 0.3) is 0 Å². The van der Waals surface area contributed by atoms with Gasteiger partial charge in [0.1, 0.15) is 0 Å². The minimum atomic E-state index is -0.0740. The van der Waals surface area contributed by atoms with Crippen molar-refractivity contribution in [1.82, 2.24) is 20.2 Å². The first-order valence-electron chi connectivity index (χ1n) is 11.7. The van der Waals surface area contributed by atoms with Crippen LogP contribution in [0.4, 0.5) is 0 Å². The Balaban J connectivity index is 1.67. The van der Waals surface area contributed by atoms with Crippen LogP contribution in [0.3, 0.4) is 0 Å². The largest absolute Gasteiger partial charge is 0.392 e. The smallest absolute Gasteiger partial charge is 0.217 e. The van der Waals surface area contributed by atoms with Gasteiger partial charge in [-0.25, -0.2) is 0 Å². The number of aliphatic hydroxyl groups excluding tert-OH is 1. The molecule has 1 aliphatic carbocycles. The van der Waals surface area contributed by atoms with Gasteiger partial charge >= 0.3 is 0 Å². The molecular weight excluding hydrogens is 448 g/mol. The normalized spacial score (nSPS) is 15.3. The Labute approximate surface area is 206 Å². The highest BCUT2D eigenvalue weighted by Crippen LogP contribution is 2.35. The molecule has 1 atom stereocenters. The van der Waals surface area contributed by atoms with Gasteiger partial charge in [0, 0.05) is 39.0 Å². The van der Waals surface area contributed by atoms with Crippen molar-refractivity contribution in [3.8, 4) is 0 Å². The first kappa shape index (κ1) is 24.3. The summed E-state index contributed by atoms with van der Waals surface area (Å²) >= 11 is 6.16. The fourth-order valence-electron chi connectivity index (χ4n) is 4.68. The number of carbonyl (C=O) groups excluding carboxylic acids is 1. The zero-order valence-corrected chi connectivity index (χ0v) is 20.5. The van der Waals surface area contributed by atoms with Crippen LogP contribution in [0.1, 0.15) is 65.0 Å². The molecule has 34 heavy (non-hydrogen) atoms. The number of aromatic nitrogens is 2. The molecule has 0 fully saturated rings. The van der Waals surface area contributed by atoms with Gasteiger partial charge in [-0.15, -0.1) is 0 Å². The van der Waals surface area contributed by atoms with E-state index in [0.29, 0.717) is 24.7 Å². The fraction of sp³-hybridized carbons (Fsp3) is 0.370. The van der Waals surface area contributed by atoms with Gasteiger partial charge in [0.15, 0.2) is 0 Å². The summed E-state index contributed by atoms with van der Waals surface area (Å²) in [5.74, 6) is -0.0740. The molecule has 3 aromatic rings. The summed E-state index contributed by atoms with van der Waals surface area (Å²) < 4.78 is 0. The van der Waals surface area contributed by atoms with E-state index in [0.717, 1.165) is 52.9 Å². The first-order chi connectivity index (χ1) is 16.4. The third kappa shape index (κ3) is 5.81. The zero-order chi connectivity index (χ0) is 24.1. The molecule has 0 radical (unpaired) electrons.